The summed E-state index contributed by atoms with van der Waals surface area (Å²) in [4.78, 5) is 10.7. The third-order valence-corrected chi connectivity index (χ3v) is 5.43. The van der Waals surface area contributed by atoms with E-state index in [0.717, 1.165) is 17.4 Å². The summed E-state index contributed by atoms with van der Waals surface area (Å²) in [5, 5.41) is 19.6. The number of nitrogens with one attached hydrogen (secondary N) is 1. The van der Waals surface area contributed by atoms with Crippen LogP contribution in [0.25, 0.3) is 0 Å². The number of carboxylic acids is 1. The van der Waals surface area contributed by atoms with Crippen LogP contribution in [-0.2, 0) is 10.0 Å². The first-order valence-corrected chi connectivity index (χ1v) is 7.87. The van der Waals surface area contributed by atoms with Crippen LogP contribution in [0.3, 0.4) is 0 Å². The average molecular weight is 334 g/mol. The van der Waals surface area contributed by atoms with Gasteiger partial charge in [-0.25, -0.2) is 13.2 Å². The highest BCUT2D eigenvalue weighted by Crippen LogP contribution is 2.33. The zero-order valence-electron chi connectivity index (χ0n) is 9.70. The maximum atomic E-state index is 12.1. The maximum absolute atomic E-state index is 12.1. The number of aromatic carboxylic acids is 1. The Labute approximate surface area is 123 Å². The van der Waals surface area contributed by atoms with Gasteiger partial charge in [0.25, 0.3) is 10.0 Å². The second-order valence-corrected chi connectivity index (χ2v) is 6.93. The quantitative estimate of drug-likeness (QED) is 0.746. The van der Waals surface area contributed by atoms with Crippen molar-refractivity contribution in [2.45, 2.75) is 4.21 Å². The number of carbonyl (C=O) groups is 1. The van der Waals surface area contributed by atoms with Crippen molar-refractivity contribution in [3.63, 3.8) is 0 Å². The molecular formula is C11H8ClNO5S2. The number of rotatable bonds is 4. The molecule has 9 heteroatoms. The van der Waals surface area contributed by atoms with Gasteiger partial charge in [0.05, 0.1) is 16.3 Å². The number of anilines is 1. The first-order valence-electron chi connectivity index (χ1n) is 5.13. The number of phenolic OH excluding ortho intramolecular Hbond substituents is 1. The van der Waals surface area contributed by atoms with E-state index >= 15 is 0 Å². The average Bonchev–Trinajstić information content (AvgIpc) is 2.85. The molecule has 3 N–H and O–H groups in total. The Kier molecular flexibility index (Phi) is 3.89. The van der Waals surface area contributed by atoms with Crippen molar-refractivity contribution in [3.05, 3.63) is 40.2 Å². The SMILES string of the molecule is O=C(O)c1csc(S(=O)(=O)Nc2cccc(Cl)c2O)c1. The number of aromatic hydroxyl groups is 1. The topological polar surface area (TPSA) is 104 Å². The summed E-state index contributed by atoms with van der Waals surface area (Å²) >= 11 is 6.44. The van der Waals surface area contributed by atoms with E-state index < -0.39 is 21.7 Å². The Balaban J connectivity index is 2.35. The first-order chi connectivity index (χ1) is 9.31. The van der Waals surface area contributed by atoms with Crippen molar-refractivity contribution in [1.29, 1.82) is 0 Å². The lowest BCUT2D eigenvalue weighted by atomic mass is 10.3. The molecule has 0 amide bonds. The summed E-state index contributed by atoms with van der Waals surface area (Å²) in [7, 11) is -3.98. The minimum atomic E-state index is -3.98. The molecule has 1 aromatic carbocycles. The molecule has 0 saturated carbocycles. The van der Waals surface area contributed by atoms with Gasteiger partial charge < -0.3 is 10.2 Å². The number of hydrogen-bond donors (Lipinski definition) is 3. The lowest BCUT2D eigenvalue weighted by Crippen LogP contribution is -2.11. The molecule has 0 saturated heterocycles. The number of thiophene rings is 1. The summed E-state index contributed by atoms with van der Waals surface area (Å²) in [6.07, 6.45) is 0. The Hall–Kier alpha value is -1.77. The lowest BCUT2D eigenvalue weighted by Gasteiger charge is -2.08. The molecule has 106 valence electrons. The largest absolute Gasteiger partial charge is 0.504 e. The van der Waals surface area contributed by atoms with Gasteiger partial charge in [0.2, 0.25) is 0 Å². The minimum Gasteiger partial charge on any atom is -0.504 e. The number of hydrogen-bond acceptors (Lipinski definition) is 5. The van der Waals surface area contributed by atoms with Crippen molar-refractivity contribution in [2.24, 2.45) is 0 Å². The highest BCUT2D eigenvalue weighted by atomic mass is 35.5. The van der Waals surface area contributed by atoms with E-state index in [-0.39, 0.29) is 20.5 Å². The second kappa shape index (κ2) is 5.31. The fourth-order valence-electron chi connectivity index (χ4n) is 1.36. The molecule has 0 fully saturated rings. The van der Waals surface area contributed by atoms with Crippen LogP contribution < -0.4 is 4.72 Å². The van der Waals surface area contributed by atoms with Gasteiger partial charge in [-0.2, -0.15) is 0 Å². The van der Waals surface area contributed by atoms with Crippen molar-refractivity contribution in [3.8, 4) is 5.75 Å². The number of benzene rings is 1. The maximum Gasteiger partial charge on any atom is 0.336 e. The Morgan fingerprint density at radius 2 is 2.05 bits per heavy atom. The van der Waals surface area contributed by atoms with Gasteiger partial charge in [-0.3, -0.25) is 4.72 Å². The summed E-state index contributed by atoms with van der Waals surface area (Å²) in [5.74, 6) is -1.61. The van der Waals surface area contributed by atoms with Crippen molar-refractivity contribution < 1.29 is 23.4 Å². The van der Waals surface area contributed by atoms with Crippen molar-refractivity contribution in [1.82, 2.24) is 0 Å². The van der Waals surface area contributed by atoms with Crippen LogP contribution >= 0.6 is 22.9 Å². The standard InChI is InChI=1S/C11H8ClNO5S2/c12-7-2-1-3-8(10(7)14)13-20(17,18)9-4-6(5-19-9)11(15)16/h1-5,13-14H,(H,15,16). The lowest BCUT2D eigenvalue weighted by molar-refractivity contribution is 0.0697. The molecular weight excluding hydrogens is 326 g/mol. The highest BCUT2D eigenvalue weighted by molar-refractivity contribution is 7.94. The van der Waals surface area contributed by atoms with Crippen LogP contribution in [0.2, 0.25) is 5.02 Å². The molecule has 6 nitrogen and oxygen atoms in total. The third-order valence-electron chi connectivity index (χ3n) is 2.32. The molecule has 0 atom stereocenters. The van der Waals surface area contributed by atoms with E-state index in [1.165, 1.54) is 23.6 Å². The highest BCUT2D eigenvalue weighted by Gasteiger charge is 2.20. The molecule has 0 radical (unpaired) electrons. The van der Waals surface area contributed by atoms with Crippen LogP contribution in [0.15, 0.2) is 33.9 Å². The number of carboxylic acid groups (broad SMARTS) is 1. The minimum absolute atomic E-state index is 0.00241. The number of sulfonamides is 1. The molecule has 0 aliphatic heterocycles. The van der Waals surface area contributed by atoms with Gasteiger partial charge in [-0.05, 0) is 18.2 Å². The van der Waals surface area contributed by atoms with Gasteiger partial charge in [-0.1, -0.05) is 17.7 Å². The molecule has 1 aromatic heterocycles. The molecule has 20 heavy (non-hydrogen) atoms. The predicted octanol–water partition coefficient (Wildman–Crippen LogP) is 2.61. The summed E-state index contributed by atoms with van der Waals surface area (Å²) < 4.78 is 26.1. The van der Waals surface area contributed by atoms with Crippen molar-refractivity contribution in [2.75, 3.05) is 4.72 Å². The van der Waals surface area contributed by atoms with E-state index in [1.807, 2.05) is 0 Å². The van der Waals surface area contributed by atoms with Crippen LogP contribution in [0.5, 0.6) is 5.75 Å². The summed E-state index contributed by atoms with van der Waals surface area (Å²) in [5.41, 5.74) is -0.200. The molecule has 0 spiro atoms. The Bertz CT molecular complexity index is 769. The van der Waals surface area contributed by atoms with Gasteiger partial charge in [0.15, 0.2) is 5.75 Å². The van der Waals surface area contributed by atoms with Crippen LogP contribution in [0, 0.1) is 0 Å². The third kappa shape index (κ3) is 2.87. The van der Waals surface area contributed by atoms with Gasteiger partial charge in [0, 0.05) is 5.38 Å². The molecule has 2 rings (SSSR count). The van der Waals surface area contributed by atoms with Crippen LogP contribution in [0.1, 0.15) is 10.4 Å². The molecule has 0 aliphatic rings. The molecule has 0 bridgehead atoms. The summed E-state index contributed by atoms with van der Waals surface area (Å²) in [6.45, 7) is 0. The second-order valence-electron chi connectivity index (χ2n) is 3.70. The van der Waals surface area contributed by atoms with Gasteiger partial charge in [0.1, 0.15) is 4.21 Å². The van der Waals surface area contributed by atoms with Gasteiger partial charge in [-0.15, -0.1) is 11.3 Å². The van der Waals surface area contributed by atoms with E-state index in [1.54, 1.807) is 0 Å². The summed E-state index contributed by atoms with van der Waals surface area (Å²) in [6, 6.07) is 5.25. The number of phenols is 1. The number of para-hydroxylation sites is 1. The van der Waals surface area contributed by atoms with Crippen LogP contribution in [-0.4, -0.2) is 24.6 Å². The number of halogens is 1. The monoisotopic (exact) mass is 333 g/mol. The predicted molar refractivity (Wildman–Crippen MR) is 75.2 cm³/mol. The Morgan fingerprint density at radius 3 is 2.65 bits per heavy atom. The first kappa shape index (κ1) is 14.6. The molecule has 0 unspecified atom stereocenters. The smallest absolute Gasteiger partial charge is 0.336 e. The Morgan fingerprint density at radius 1 is 1.35 bits per heavy atom. The zero-order chi connectivity index (χ0) is 14.9. The van der Waals surface area contributed by atoms with Gasteiger partial charge >= 0.3 is 5.97 Å². The molecule has 0 aliphatic carbocycles. The van der Waals surface area contributed by atoms with E-state index in [4.69, 9.17) is 16.7 Å². The molecule has 1 heterocycles. The normalized spacial score (nSPS) is 11.2. The zero-order valence-corrected chi connectivity index (χ0v) is 12.1. The van der Waals surface area contributed by atoms with E-state index in [2.05, 4.69) is 4.72 Å². The van der Waals surface area contributed by atoms with E-state index in [9.17, 15) is 18.3 Å². The fourth-order valence-corrected chi connectivity index (χ4v) is 3.76. The van der Waals surface area contributed by atoms with Crippen molar-refractivity contribution >= 4 is 44.6 Å². The molecule has 2 aromatic rings. The fraction of sp³-hybridized carbons (Fsp3) is 0. The van der Waals surface area contributed by atoms with E-state index in [0.29, 0.717) is 0 Å². The van der Waals surface area contributed by atoms with Crippen LogP contribution in [0.4, 0.5) is 5.69 Å².